The molecule has 2 unspecified atom stereocenters. The summed E-state index contributed by atoms with van der Waals surface area (Å²) in [5.41, 5.74) is -0.320. The van der Waals surface area contributed by atoms with Crippen LogP contribution in [0.4, 0.5) is 0 Å². The topological polar surface area (TPSA) is 52.6 Å². The number of rotatable bonds is 5. The normalized spacial score (nSPS) is 28.2. The maximum Gasteiger partial charge on any atom is 0.225 e. The van der Waals surface area contributed by atoms with E-state index in [0.717, 1.165) is 38.4 Å². The first-order valence-electron chi connectivity index (χ1n) is 8.56. The maximum absolute atomic E-state index is 12.2. The molecule has 0 bridgehead atoms. The molecular formula is C17H32N2O2. The van der Waals surface area contributed by atoms with Crippen LogP contribution in [0.15, 0.2) is 0 Å². The minimum absolute atomic E-state index is 0.156. The van der Waals surface area contributed by atoms with E-state index in [-0.39, 0.29) is 24.0 Å². The molecule has 0 aromatic carbocycles. The number of piperidine rings is 1. The highest BCUT2D eigenvalue weighted by molar-refractivity contribution is 5.81. The summed E-state index contributed by atoms with van der Waals surface area (Å²) in [7, 11) is 0. The third kappa shape index (κ3) is 4.68. The van der Waals surface area contributed by atoms with Crippen LogP contribution < -0.4 is 5.32 Å². The Morgan fingerprint density at radius 2 is 2.00 bits per heavy atom. The molecule has 2 N–H and O–H groups in total. The quantitative estimate of drug-likeness (QED) is 0.817. The average molecular weight is 296 g/mol. The second-order valence-corrected chi connectivity index (χ2v) is 7.93. The van der Waals surface area contributed by atoms with Crippen molar-refractivity contribution in [3.05, 3.63) is 0 Å². The summed E-state index contributed by atoms with van der Waals surface area (Å²) in [6.07, 6.45) is 6.98. The molecule has 1 aliphatic heterocycles. The second kappa shape index (κ2) is 7.10. The molecule has 1 aliphatic carbocycles. The van der Waals surface area contributed by atoms with Crippen LogP contribution in [0.25, 0.3) is 0 Å². The average Bonchev–Trinajstić information content (AvgIpc) is 2.33. The second-order valence-electron chi connectivity index (χ2n) is 7.93. The van der Waals surface area contributed by atoms with Crippen molar-refractivity contribution >= 4 is 5.91 Å². The molecule has 1 saturated carbocycles. The van der Waals surface area contributed by atoms with E-state index < -0.39 is 0 Å². The van der Waals surface area contributed by atoms with Crippen molar-refractivity contribution in [3.8, 4) is 0 Å². The first-order valence-corrected chi connectivity index (χ1v) is 8.56. The van der Waals surface area contributed by atoms with Gasteiger partial charge < -0.3 is 10.4 Å². The molecule has 21 heavy (non-hydrogen) atoms. The molecule has 4 heteroatoms. The van der Waals surface area contributed by atoms with Gasteiger partial charge in [0.2, 0.25) is 5.91 Å². The lowest BCUT2D eigenvalue weighted by Crippen LogP contribution is -2.56. The minimum atomic E-state index is -0.320. The van der Waals surface area contributed by atoms with Crippen LogP contribution in [0.2, 0.25) is 0 Å². The molecular weight excluding hydrogens is 264 g/mol. The number of nitrogens with zero attached hydrogens (tertiary/aromatic N) is 1. The largest absolute Gasteiger partial charge is 0.396 e. The van der Waals surface area contributed by atoms with Gasteiger partial charge in [-0.3, -0.25) is 9.69 Å². The van der Waals surface area contributed by atoms with Gasteiger partial charge in [0.15, 0.2) is 0 Å². The van der Waals surface area contributed by atoms with Gasteiger partial charge in [0.25, 0.3) is 0 Å². The summed E-state index contributed by atoms with van der Waals surface area (Å²) in [5.74, 6) is 0.764. The highest BCUT2D eigenvalue weighted by atomic mass is 16.2. The standard InChI is InChI=1S/C17H32N2O2/c1-17(2,3)16(21)18-14-10-13(6-5-9-20)11-19(12-14)15-7-4-8-15/h13-15,20H,4-12H2,1-3H3,(H,18,21). The van der Waals surface area contributed by atoms with E-state index in [9.17, 15) is 4.79 Å². The van der Waals surface area contributed by atoms with E-state index in [1.54, 1.807) is 0 Å². The fourth-order valence-electron chi connectivity index (χ4n) is 3.39. The third-order valence-corrected chi connectivity index (χ3v) is 4.94. The Morgan fingerprint density at radius 3 is 2.52 bits per heavy atom. The Labute approximate surface area is 129 Å². The van der Waals surface area contributed by atoms with Crippen LogP contribution in [0.3, 0.4) is 0 Å². The Bertz CT molecular complexity index is 347. The van der Waals surface area contributed by atoms with Gasteiger partial charge in [-0.05, 0) is 38.0 Å². The summed E-state index contributed by atoms with van der Waals surface area (Å²) in [5, 5.41) is 12.3. The number of hydrogen-bond acceptors (Lipinski definition) is 3. The van der Waals surface area contributed by atoms with Gasteiger partial charge in [-0.25, -0.2) is 0 Å². The molecule has 0 radical (unpaired) electrons. The van der Waals surface area contributed by atoms with Gasteiger partial charge >= 0.3 is 0 Å². The molecule has 0 spiro atoms. The molecule has 2 atom stereocenters. The van der Waals surface area contributed by atoms with Gasteiger partial charge in [0, 0.05) is 37.2 Å². The van der Waals surface area contributed by atoms with Crippen molar-refractivity contribution in [2.75, 3.05) is 19.7 Å². The van der Waals surface area contributed by atoms with Crippen molar-refractivity contribution < 1.29 is 9.90 Å². The fourth-order valence-corrected chi connectivity index (χ4v) is 3.39. The molecule has 0 aromatic heterocycles. The van der Waals surface area contributed by atoms with Crippen molar-refractivity contribution in [1.82, 2.24) is 10.2 Å². The number of carbonyl (C=O) groups excluding carboxylic acids is 1. The zero-order valence-electron chi connectivity index (χ0n) is 13.9. The maximum atomic E-state index is 12.2. The molecule has 1 heterocycles. The van der Waals surface area contributed by atoms with Crippen LogP contribution >= 0.6 is 0 Å². The highest BCUT2D eigenvalue weighted by Gasteiger charge is 2.35. The Hall–Kier alpha value is -0.610. The fraction of sp³-hybridized carbons (Fsp3) is 0.941. The lowest BCUT2D eigenvalue weighted by Gasteiger charge is -2.45. The SMILES string of the molecule is CC(C)(C)C(=O)NC1CC(CCCO)CN(C2CCC2)C1. The Morgan fingerprint density at radius 1 is 1.29 bits per heavy atom. The van der Waals surface area contributed by atoms with Gasteiger partial charge in [0.05, 0.1) is 0 Å². The van der Waals surface area contributed by atoms with E-state index in [4.69, 9.17) is 5.11 Å². The zero-order valence-corrected chi connectivity index (χ0v) is 13.9. The van der Waals surface area contributed by atoms with Gasteiger partial charge in [-0.1, -0.05) is 27.2 Å². The monoisotopic (exact) mass is 296 g/mol. The van der Waals surface area contributed by atoms with Gasteiger partial charge in [-0.2, -0.15) is 0 Å². The van der Waals surface area contributed by atoms with Crippen molar-refractivity contribution in [2.45, 2.75) is 71.4 Å². The zero-order chi connectivity index (χ0) is 15.5. The van der Waals surface area contributed by atoms with Crippen LogP contribution in [-0.2, 0) is 4.79 Å². The number of aliphatic hydroxyl groups is 1. The van der Waals surface area contributed by atoms with Crippen LogP contribution in [0.1, 0.15) is 59.3 Å². The summed E-state index contributed by atoms with van der Waals surface area (Å²) in [6.45, 7) is 8.34. The number of likely N-dealkylation sites (tertiary alicyclic amines) is 1. The molecule has 2 rings (SSSR count). The smallest absolute Gasteiger partial charge is 0.225 e. The van der Waals surface area contributed by atoms with E-state index in [2.05, 4.69) is 10.2 Å². The minimum Gasteiger partial charge on any atom is -0.396 e. The Kier molecular flexibility index (Phi) is 5.67. The summed E-state index contributed by atoms with van der Waals surface area (Å²) in [6, 6.07) is 1.01. The van der Waals surface area contributed by atoms with Crippen molar-refractivity contribution in [2.24, 2.45) is 11.3 Å². The first kappa shape index (κ1) is 16.8. The van der Waals surface area contributed by atoms with Crippen LogP contribution in [0, 0.1) is 11.3 Å². The van der Waals surface area contributed by atoms with Crippen LogP contribution in [0.5, 0.6) is 0 Å². The third-order valence-electron chi connectivity index (χ3n) is 4.94. The van der Waals surface area contributed by atoms with Crippen molar-refractivity contribution in [3.63, 3.8) is 0 Å². The summed E-state index contributed by atoms with van der Waals surface area (Å²) >= 11 is 0. The van der Waals surface area contributed by atoms with E-state index in [1.807, 2.05) is 20.8 Å². The predicted molar refractivity (Wildman–Crippen MR) is 85.0 cm³/mol. The summed E-state index contributed by atoms with van der Waals surface area (Å²) in [4.78, 5) is 14.8. The van der Waals surface area contributed by atoms with Gasteiger partial charge in [0.1, 0.15) is 0 Å². The molecule has 0 aromatic rings. The van der Waals surface area contributed by atoms with E-state index in [0.29, 0.717) is 5.92 Å². The summed E-state index contributed by atoms with van der Waals surface area (Å²) < 4.78 is 0. The highest BCUT2D eigenvalue weighted by Crippen LogP contribution is 2.31. The van der Waals surface area contributed by atoms with E-state index in [1.165, 1.54) is 19.3 Å². The van der Waals surface area contributed by atoms with E-state index >= 15 is 0 Å². The number of hydrogen-bond donors (Lipinski definition) is 2. The van der Waals surface area contributed by atoms with Gasteiger partial charge in [-0.15, -0.1) is 0 Å². The lowest BCUT2D eigenvalue weighted by atomic mass is 9.84. The van der Waals surface area contributed by atoms with Crippen LogP contribution in [-0.4, -0.2) is 47.7 Å². The first-order chi connectivity index (χ1) is 9.90. The molecule has 2 fully saturated rings. The molecule has 122 valence electrons. The molecule has 1 amide bonds. The number of carbonyl (C=O) groups is 1. The van der Waals surface area contributed by atoms with Crippen molar-refractivity contribution in [1.29, 1.82) is 0 Å². The molecule has 2 aliphatic rings. The lowest BCUT2D eigenvalue weighted by molar-refractivity contribution is -0.130. The number of amides is 1. The predicted octanol–water partition coefficient (Wildman–Crippen LogP) is 2.16. The molecule has 4 nitrogen and oxygen atoms in total. The number of nitrogens with one attached hydrogen (secondary N) is 1. The number of aliphatic hydroxyl groups excluding tert-OH is 1. The Balaban J connectivity index is 1.93. The molecule has 1 saturated heterocycles.